The number of carbonyl (C=O) groups excluding carboxylic acids is 1. The van der Waals surface area contributed by atoms with E-state index < -0.39 is 0 Å². The van der Waals surface area contributed by atoms with Gasteiger partial charge in [0.25, 0.3) is 0 Å². The molecule has 0 saturated heterocycles. The molecule has 2 rings (SSSR count). The molecule has 0 bridgehead atoms. The first-order valence-electron chi connectivity index (χ1n) is 7.95. The summed E-state index contributed by atoms with van der Waals surface area (Å²) < 4.78 is 5.99. The topological polar surface area (TPSA) is 50.4 Å². The SMILES string of the molecule is CNCCNC(=O)CCc1cccc(OC2CCCC2)c1. The van der Waals surface area contributed by atoms with Crippen molar-refractivity contribution in [3.63, 3.8) is 0 Å². The van der Waals surface area contributed by atoms with Crippen LogP contribution in [0.4, 0.5) is 0 Å². The molecule has 1 fully saturated rings. The summed E-state index contributed by atoms with van der Waals surface area (Å²) in [5.41, 5.74) is 1.16. The fourth-order valence-electron chi connectivity index (χ4n) is 2.65. The van der Waals surface area contributed by atoms with Crippen LogP contribution in [0.25, 0.3) is 0 Å². The molecule has 0 aliphatic heterocycles. The van der Waals surface area contributed by atoms with Crippen molar-refractivity contribution in [3.05, 3.63) is 29.8 Å². The van der Waals surface area contributed by atoms with Gasteiger partial charge in [-0.15, -0.1) is 0 Å². The standard InChI is InChI=1S/C17H26N2O2/c1-18-11-12-19-17(20)10-9-14-5-4-8-16(13-14)21-15-6-2-3-7-15/h4-5,8,13,15,18H,2-3,6-7,9-12H2,1H3,(H,19,20). The molecule has 0 unspecified atom stereocenters. The van der Waals surface area contributed by atoms with E-state index in [1.807, 2.05) is 19.2 Å². The third kappa shape index (κ3) is 5.76. The number of aryl methyl sites for hydroxylation is 1. The summed E-state index contributed by atoms with van der Waals surface area (Å²) in [6.45, 7) is 1.48. The van der Waals surface area contributed by atoms with Crippen molar-refractivity contribution < 1.29 is 9.53 Å². The van der Waals surface area contributed by atoms with E-state index in [2.05, 4.69) is 22.8 Å². The number of hydrogen-bond donors (Lipinski definition) is 2. The highest BCUT2D eigenvalue weighted by molar-refractivity contribution is 5.76. The van der Waals surface area contributed by atoms with E-state index in [0.29, 0.717) is 19.1 Å². The molecule has 0 atom stereocenters. The molecule has 1 aliphatic carbocycles. The zero-order chi connectivity index (χ0) is 14.9. The van der Waals surface area contributed by atoms with Gasteiger partial charge in [-0.05, 0) is 56.8 Å². The second-order valence-electron chi connectivity index (χ2n) is 5.63. The summed E-state index contributed by atoms with van der Waals surface area (Å²) in [5, 5.41) is 5.90. The van der Waals surface area contributed by atoms with E-state index in [1.165, 1.54) is 12.8 Å². The van der Waals surface area contributed by atoms with Crippen LogP contribution in [0.5, 0.6) is 5.75 Å². The van der Waals surface area contributed by atoms with Crippen molar-refractivity contribution in [1.29, 1.82) is 0 Å². The quantitative estimate of drug-likeness (QED) is 0.722. The minimum atomic E-state index is 0.104. The summed E-state index contributed by atoms with van der Waals surface area (Å²) in [5.74, 6) is 1.04. The van der Waals surface area contributed by atoms with Crippen LogP contribution >= 0.6 is 0 Å². The molecule has 0 spiro atoms. The van der Waals surface area contributed by atoms with Gasteiger partial charge in [0.2, 0.25) is 5.91 Å². The molecule has 4 heteroatoms. The lowest BCUT2D eigenvalue weighted by Crippen LogP contribution is -2.30. The zero-order valence-corrected chi connectivity index (χ0v) is 12.9. The Morgan fingerprint density at radius 2 is 2.10 bits per heavy atom. The van der Waals surface area contributed by atoms with Gasteiger partial charge in [0.15, 0.2) is 0 Å². The van der Waals surface area contributed by atoms with Crippen molar-refractivity contribution in [2.75, 3.05) is 20.1 Å². The lowest BCUT2D eigenvalue weighted by molar-refractivity contribution is -0.121. The Morgan fingerprint density at radius 3 is 2.86 bits per heavy atom. The molecule has 1 amide bonds. The smallest absolute Gasteiger partial charge is 0.220 e. The second-order valence-corrected chi connectivity index (χ2v) is 5.63. The molecule has 2 N–H and O–H groups in total. The number of benzene rings is 1. The normalized spacial score (nSPS) is 15.1. The maximum Gasteiger partial charge on any atom is 0.220 e. The Hall–Kier alpha value is -1.55. The van der Waals surface area contributed by atoms with Crippen LogP contribution < -0.4 is 15.4 Å². The summed E-state index contributed by atoms with van der Waals surface area (Å²) in [7, 11) is 1.88. The van der Waals surface area contributed by atoms with Crippen molar-refractivity contribution in [2.24, 2.45) is 0 Å². The Morgan fingerprint density at radius 1 is 1.29 bits per heavy atom. The number of carbonyl (C=O) groups is 1. The van der Waals surface area contributed by atoms with Crippen LogP contribution in [0.15, 0.2) is 24.3 Å². The van der Waals surface area contributed by atoms with E-state index in [0.717, 1.165) is 37.1 Å². The fourth-order valence-corrected chi connectivity index (χ4v) is 2.65. The molecule has 21 heavy (non-hydrogen) atoms. The van der Waals surface area contributed by atoms with E-state index >= 15 is 0 Å². The zero-order valence-electron chi connectivity index (χ0n) is 12.9. The van der Waals surface area contributed by atoms with Gasteiger partial charge in [-0.3, -0.25) is 4.79 Å². The van der Waals surface area contributed by atoms with Crippen molar-refractivity contribution in [3.8, 4) is 5.75 Å². The molecular weight excluding hydrogens is 264 g/mol. The summed E-state index contributed by atoms with van der Waals surface area (Å²) >= 11 is 0. The number of amides is 1. The van der Waals surface area contributed by atoms with E-state index in [9.17, 15) is 4.79 Å². The maximum absolute atomic E-state index is 11.7. The number of ether oxygens (including phenoxy) is 1. The molecular formula is C17H26N2O2. The van der Waals surface area contributed by atoms with Crippen LogP contribution in [0, 0.1) is 0 Å². The number of rotatable bonds is 8. The highest BCUT2D eigenvalue weighted by Crippen LogP contribution is 2.24. The van der Waals surface area contributed by atoms with Gasteiger partial charge in [0, 0.05) is 19.5 Å². The summed E-state index contributed by atoms with van der Waals surface area (Å²) in [6.07, 6.45) is 6.54. The summed E-state index contributed by atoms with van der Waals surface area (Å²) in [4.78, 5) is 11.7. The van der Waals surface area contributed by atoms with Crippen LogP contribution in [0.2, 0.25) is 0 Å². The van der Waals surface area contributed by atoms with E-state index in [4.69, 9.17) is 4.74 Å². The number of likely N-dealkylation sites (N-methyl/N-ethyl adjacent to an activating group) is 1. The van der Waals surface area contributed by atoms with Gasteiger partial charge in [-0.25, -0.2) is 0 Å². The first-order valence-corrected chi connectivity index (χ1v) is 7.95. The lowest BCUT2D eigenvalue weighted by Gasteiger charge is -2.13. The molecule has 116 valence electrons. The lowest BCUT2D eigenvalue weighted by atomic mass is 10.1. The first kappa shape index (κ1) is 15.8. The third-order valence-electron chi connectivity index (χ3n) is 3.84. The average Bonchev–Trinajstić information content (AvgIpc) is 2.99. The van der Waals surface area contributed by atoms with Gasteiger partial charge >= 0.3 is 0 Å². The van der Waals surface area contributed by atoms with Crippen molar-refractivity contribution >= 4 is 5.91 Å². The Balaban J connectivity index is 1.76. The highest BCUT2D eigenvalue weighted by atomic mass is 16.5. The maximum atomic E-state index is 11.7. The van der Waals surface area contributed by atoms with E-state index in [-0.39, 0.29) is 5.91 Å². The molecule has 0 radical (unpaired) electrons. The molecule has 1 aromatic carbocycles. The first-order chi connectivity index (χ1) is 10.3. The monoisotopic (exact) mass is 290 g/mol. The fraction of sp³-hybridized carbons (Fsp3) is 0.588. The molecule has 4 nitrogen and oxygen atoms in total. The minimum Gasteiger partial charge on any atom is -0.490 e. The Kier molecular flexibility index (Phi) is 6.54. The minimum absolute atomic E-state index is 0.104. The highest BCUT2D eigenvalue weighted by Gasteiger charge is 2.16. The average molecular weight is 290 g/mol. The van der Waals surface area contributed by atoms with Gasteiger partial charge in [-0.1, -0.05) is 12.1 Å². The molecule has 0 aromatic heterocycles. The molecule has 1 aliphatic rings. The Labute approximate surface area is 127 Å². The summed E-state index contributed by atoms with van der Waals surface area (Å²) in [6, 6.07) is 8.15. The van der Waals surface area contributed by atoms with Gasteiger partial charge < -0.3 is 15.4 Å². The molecule has 0 heterocycles. The predicted molar refractivity (Wildman–Crippen MR) is 84.6 cm³/mol. The van der Waals surface area contributed by atoms with Gasteiger partial charge in [0.05, 0.1) is 6.10 Å². The second kappa shape index (κ2) is 8.67. The van der Waals surface area contributed by atoms with Crippen LogP contribution in [-0.2, 0) is 11.2 Å². The third-order valence-corrected chi connectivity index (χ3v) is 3.84. The molecule has 1 saturated carbocycles. The van der Waals surface area contributed by atoms with E-state index in [1.54, 1.807) is 0 Å². The number of nitrogens with one attached hydrogen (secondary N) is 2. The van der Waals surface area contributed by atoms with Crippen molar-refractivity contribution in [1.82, 2.24) is 10.6 Å². The molecule has 1 aromatic rings. The van der Waals surface area contributed by atoms with Crippen LogP contribution in [-0.4, -0.2) is 32.1 Å². The van der Waals surface area contributed by atoms with Gasteiger partial charge in [-0.2, -0.15) is 0 Å². The number of hydrogen-bond acceptors (Lipinski definition) is 3. The van der Waals surface area contributed by atoms with Crippen LogP contribution in [0.1, 0.15) is 37.7 Å². The predicted octanol–water partition coefficient (Wildman–Crippen LogP) is 2.28. The Bertz CT molecular complexity index is 442. The largest absolute Gasteiger partial charge is 0.490 e. The van der Waals surface area contributed by atoms with Crippen LogP contribution in [0.3, 0.4) is 0 Å². The van der Waals surface area contributed by atoms with Gasteiger partial charge in [0.1, 0.15) is 5.75 Å². The van der Waals surface area contributed by atoms with Crippen molar-refractivity contribution in [2.45, 2.75) is 44.6 Å².